The number of halogens is 16. The lowest BCUT2D eigenvalue weighted by molar-refractivity contribution is -0.447. The van der Waals surface area contributed by atoms with E-state index in [-0.39, 0.29) is 6.07 Å². The fourth-order valence-electron chi connectivity index (χ4n) is 3.24. The van der Waals surface area contributed by atoms with Crippen molar-refractivity contribution in [1.29, 1.82) is 0 Å². The number of nitrogens with zero attached hydrogens (tertiary/aromatic N) is 2. The van der Waals surface area contributed by atoms with Crippen molar-refractivity contribution in [2.24, 2.45) is 5.41 Å². The minimum atomic E-state index is -8.67. The smallest absolute Gasteiger partial charge is 0.427 e. The summed E-state index contributed by atoms with van der Waals surface area (Å²) in [6.07, 6.45) is -9.27. The third-order valence-electron chi connectivity index (χ3n) is 5.55. The molecule has 0 N–H and O–H groups in total. The molecular weight excluding hydrogens is 696 g/mol. The van der Waals surface area contributed by atoms with Gasteiger partial charge in [0, 0.05) is 11.6 Å². The molecule has 0 aliphatic rings. The van der Waals surface area contributed by atoms with Crippen molar-refractivity contribution >= 4 is 17.5 Å². The van der Waals surface area contributed by atoms with Crippen LogP contribution in [-0.2, 0) is 11.2 Å². The Hall–Kier alpha value is -3.83. The number of nitro benzene ring substituents is 2. The van der Waals surface area contributed by atoms with E-state index in [4.69, 9.17) is 0 Å². The zero-order valence-electron chi connectivity index (χ0n) is 22.4. The molecular formula is C21H16F16N2O7. The van der Waals surface area contributed by atoms with E-state index in [0.717, 1.165) is 0 Å². The quantitative estimate of drug-likeness (QED) is 0.0663. The van der Waals surface area contributed by atoms with Gasteiger partial charge in [0.1, 0.15) is 0 Å². The first-order chi connectivity index (χ1) is 20.1. The second-order valence-corrected chi connectivity index (χ2v) is 10.3. The minimum Gasteiger partial charge on any atom is -0.427 e. The Kier molecular flexibility index (Phi) is 10.6. The monoisotopic (exact) mass is 712 g/mol. The fourth-order valence-corrected chi connectivity index (χ4v) is 3.24. The van der Waals surface area contributed by atoms with Crippen LogP contribution in [-0.4, -0.2) is 70.5 Å². The van der Waals surface area contributed by atoms with Crippen LogP contribution in [0, 0.1) is 25.6 Å². The molecule has 0 heterocycles. The normalized spacial score (nSPS) is 14.3. The van der Waals surface area contributed by atoms with E-state index in [2.05, 4.69) is 9.47 Å². The summed E-state index contributed by atoms with van der Waals surface area (Å²) >= 11 is 0. The molecule has 0 unspecified atom stereocenters. The molecule has 0 aliphatic heterocycles. The number of carbonyl (C=O) groups excluding carboxylic acids is 1. The summed E-state index contributed by atoms with van der Waals surface area (Å²) in [4.78, 5) is 31.8. The van der Waals surface area contributed by atoms with Crippen LogP contribution in [0.3, 0.4) is 0 Å². The number of ether oxygens (including phenoxy) is 2. The number of nitro groups is 2. The lowest BCUT2D eigenvalue weighted by Gasteiger charge is -2.42. The fraction of sp³-hybridized carbons (Fsp3) is 0.667. The molecule has 0 spiro atoms. The molecule has 0 atom stereocenters. The Bertz CT molecular complexity index is 1350. The van der Waals surface area contributed by atoms with Gasteiger partial charge in [-0.15, -0.1) is 0 Å². The molecule has 0 bridgehead atoms. The largest absolute Gasteiger partial charge is 0.514 e. The summed E-state index contributed by atoms with van der Waals surface area (Å²) in [6, 6.07) is 0.674. The Labute approximate surface area is 243 Å². The number of non-ortho nitro benzene ring substituents is 1. The first-order valence-corrected chi connectivity index (χ1v) is 11.4. The van der Waals surface area contributed by atoms with Crippen LogP contribution in [0.25, 0.3) is 0 Å². The predicted molar refractivity (Wildman–Crippen MR) is 116 cm³/mol. The third-order valence-corrected chi connectivity index (χ3v) is 5.55. The van der Waals surface area contributed by atoms with Crippen LogP contribution >= 0.6 is 0 Å². The number of carbonyl (C=O) groups is 1. The minimum absolute atomic E-state index is 0.133. The van der Waals surface area contributed by atoms with Gasteiger partial charge in [0.25, 0.3) is 5.69 Å². The van der Waals surface area contributed by atoms with E-state index in [1.165, 1.54) is 20.8 Å². The molecule has 0 saturated heterocycles. The molecule has 0 fully saturated rings. The maximum Gasteiger partial charge on any atom is 0.514 e. The Morgan fingerprint density at radius 3 is 1.57 bits per heavy atom. The molecule has 1 aromatic rings. The average molecular weight is 712 g/mol. The second kappa shape index (κ2) is 12.1. The summed E-state index contributed by atoms with van der Waals surface area (Å²) < 4.78 is 223. The van der Waals surface area contributed by atoms with Gasteiger partial charge < -0.3 is 9.47 Å². The van der Waals surface area contributed by atoms with Gasteiger partial charge in [0.15, 0.2) is 6.61 Å². The lowest BCUT2D eigenvalue weighted by atomic mass is 9.87. The highest BCUT2D eigenvalue weighted by atomic mass is 19.4. The average Bonchev–Trinajstić information content (AvgIpc) is 2.86. The van der Waals surface area contributed by atoms with E-state index in [1.807, 2.05) is 0 Å². The summed E-state index contributed by atoms with van der Waals surface area (Å²) in [5.41, 5.74) is -4.10. The zero-order valence-corrected chi connectivity index (χ0v) is 22.4. The van der Waals surface area contributed by atoms with Gasteiger partial charge in [-0.1, -0.05) is 20.8 Å². The molecule has 0 aliphatic carbocycles. The van der Waals surface area contributed by atoms with Gasteiger partial charge in [0.2, 0.25) is 5.75 Å². The van der Waals surface area contributed by atoms with Crippen molar-refractivity contribution in [2.45, 2.75) is 75.1 Å². The van der Waals surface area contributed by atoms with Gasteiger partial charge in [-0.2, -0.15) is 61.5 Å². The maximum atomic E-state index is 14.0. The number of alkyl halides is 16. The molecule has 46 heavy (non-hydrogen) atoms. The summed E-state index contributed by atoms with van der Waals surface area (Å²) in [5, 5.41) is 22.5. The molecule has 1 rings (SSSR count). The second-order valence-electron chi connectivity index (χ2n) is 10.3. The summed E-state index contributed by atoms with van der Waals surface area (Å²) in [7, 11) is 0. The van der Waals surface area contributed by atoms with Gasteiger partial charge in [0.05, 0.1) is 15.9 Å². The highest BCUT2D eigenvalue weighted by Gasteiger charge is 2.93. The molecule has 9 nitrogen and oxygen atoms in total. The van der Waals surface area contributed by atoms with Crippen molar-refractivity contribution in [3.8, 4) is 5.75 Å². The molecule has 0 aromatic heterocycles. The molecule has 1 aromatic carbocycles. The van der Waals surface area contributed by atoms with Crippen LogP contribution in [0.2, 0.25) is 0 Å². The zero-order chi connectivity index (χ0) is 36.9. The van der Waals surface area contributed by atoms with Crippen LogP contribution in [0.4, 0.5) is 86.4 Å². The van der Waals surface area contributed by atoms with Gasteiger partial charge >= 0.3 is 59.7 Å². The van der Waals surface area contributed by atoms with Crippen molar-refractivity contribution in [2.75, 3.05) is 6.61 Å². The molecule has 0 saturated carbocycles. The Morgan fingerprint density at radius 1 is 0.739 bits per heavy atom. The van der Waals surface area contributed by atoms with Crippen molar-refractivity contribution in [1.82, 2.24) is 0 Å². The first-order valence-electron chi connectivity index (χ1n) is 11.4. The highest BCUT2D eigenvalue weighted by molar-refractivity contribution is 5.69. The Morgan fingerprint density at radius 2 is 1.17 bits per heavy atom. The van der Waals surface area contributed by atoms with E-state index in [1.54, 1.807) is 0 Å². The van der Waals surface area contributed by atoms with E-state index in [9.17, 15) is 95.3 Å². The van der Waals surface area contributed by atoms with Crippen LogP contribution in [0.5, 0.6) is 5.75 Å². The molecule has 0 amide bonds. The van der Waals surface area contributed by atoms with E-state index < -0.39 is 105 Å². The van der Waals surface area contributed by atoms with E-state index in [0.29, 0.717) is 6.07 Å². The van der Waals surface area contributed by atoms with Crippen LogP contribution < -0.4 is 4.74 Å². The standard InChI is InChI=1S/C21H16F16N2O7/c1-14(2,3)6-8-4-9(38(41)42)5-10(39(43)44)11(8)46-13(40)45-7-15(24,25)17(28,29)19(32,33)21(36,37)20(34,35)18(30,31)16(26,27)12(22)23/h4-5,12H,6-7H2,1-3H3. The van der Waals surface area contributed by atoms with Crippen molar-refractivity contribution in [3.63, 3.8) is 0 Å². The van der Waals surface area contributed by atoms with Gasteiger partial charge in [-0.3, -0.25) is 20.2 Å². The van der Waals surface area contributed by atoms with Crippen LogP contribution in [0.1, 0.15) is 26.3 Å². The number of hydrogen-bond donors (Lipinski definition) is 0. The number of hydrogen-bond acceptors (Lipinski definition) is 7. The number of benzene rings is 1. The number of rotatable bonds is 13. The van der Waals surface area contributed by atoms with Crippen molar-refractivity contribution < 1.29 is 94.4 Å². The maximum absolute atomic E-state index is 14.0. The molecule has 264 valence electrons. The topological polar surface area (TPSA) is 122 Å². The summed E-state index contributed by atoms with van der Waals surface area (Å²) in [5.74, 6) is -58.1. The van der Waals surface area contributed by atoms with E-state index >= 15 is 0 Å². The predicted octanol–water partition coefficient (Wildman–Crippen LogP) is 8.32. The van der Waals surface area contributed by atoms with Gasteiger partial charge in [-0.05, 0) is 11.8 Å². The highest BCUT2D eigenvalue weighted by Crippen LogP contribution is 2.62. The third kappa shape index (κ3) is 6.80. The Balaban J connectivity index is 3.50. The summed E-state index contributed by atoms with van der Waals surface area (Å²) in [6.45, 7) is 0.584. The van der Waals surface area contributed by atoms with Gasteiger partial charge in [-0.25, -0.2) is 13.6 Å². The van der Waals surface area contributed by atoms with Crippen molar-refractivity contribution in [3.05, 3.63) is 37.9 Å². The molecule has 25 heteroatoms. The lowest BCUT2D eigenvalue weighted by Crippen LogP contribution is -2.74. The molecule has 0 radical (unpaired) electrons. The van der Waals surface area contributed by atoms with Crippen LogP contribution in [0.15, 0.2) is 12.1 Å². The first kappa shape index (κ1) is 40.2. The SMILES string of the molecule is CC(C)(C)Cc1cc([N+](=O)[O-])cc([N+](=O)[O-])c1OC(=O)OCC(F)(F)C(F)(F)C(F)(F)C(F)(F)C(F)(F)C(F)(F)C(F)(F)C(F)F.